The van der Waals surface area contributed by atoms with Crippen LogP contribution in [0.2, 0.25) is 0 Å². The molecule has 1 unspecified atom stereocenters. The van der Waals surface area contributed by atoms with Crippen molar-refractivity contribution < 1.29 is 19.4 Å². The molecule has 7 nitrogen and oxygen atoms in total. The third-order valence-electron chi connectivity index (χ3n) is 4.85. The van der Waals surface area contributed by atoms with Crippen LogP contribution in [0.5, 0.6) is 11.5 Å². The molecular formula is C20H25N3O4. The zero-order valence-corrected chi connectivity index (χ0v) is 15.7. The van der Waals surface area contributed by atoms with Crippen LogP contribution in [-0.4, -0.2) is 66.3 Å². The number of nitrogens with zero attached hydrogens (tertiary/aromatic N) is 3. The first kappa shape index (κ1) is 19.1. The number of rotatable bonds is 7. The van der Waals surface area contributed by atoms with E-state index in [2.05, 4.69) is 9.88 Å². The molecule has 2 heterocycles. The molecule has 0 spiro atoms. The van der Waals surface area contributed by atoms with Gasteiger partial charge in [0.25, 0.3) is 0 Å². The summed E-state index contributed by atoms with van der Waals surface area (Å²) in [6, 6.07) is 10.4. The number of carbonyl (C=O) groups is 1. The first-order chi connectivity index (χ1) is 13.1. The Kier molecular flexibility index (Phi) is 6.26. The topological polar surface area (TPSA) is 75.1 Å². The average molecular weight is 371 g/mol. The summed E-state index contributed by atoms with van der Waals surface area (Å²) in [7, 11) is 3.12. The van der Waals surface area contributed by atoms with Crippen molar-refractivity contribution in [1.29, 1.82) is 0 Å². The number of carboxylic acids is 1. The summed E-state index contributed by atoms with van der Waals surface area (Å²) in [6.45, 7) is 3.69. The van der Waals surface area contributed by atoms with Crippen LogP contribution in [0.3, 0.4) is 0 Å². The van der Waals surface area contributed by atoms with Gasteiger partial charge in [0, 0.05) is 50.6 Å². The van der Waals surface area contributed by atoms with Crippen molar-refractivity contribution in [3.63, 3.8) is 0 Å². The van der Waals surface area contributed by atoms with E-state index in [9.17, 15) is 9.90 Å². The van der Waals surface area contributed by atoms with Crippen molar-refractivity contribution in [3.05, 3.63) is 53.9 Å². The van der Waals surface area contributed by atoms with Crippen molar-refractivity contribution in [2.45, 2.75) is 12.6 Å². The molecule has 1 aliphatic rings. The number of hydrogen-bond acceptors (Lipinski definition) is 6. The zero-order chi connectivity index (χ0) is 19.2. The van der Waals surface area contributed by atoms with E-state index in [0.717, 1.165) is 25.3 Å². The summed E-state index contributed by atoms with van der Waals surface area (Å²) in [4.78, 5) is 20.7. The molecule has 0 radical (unpaired) electrons. The Morgan fingerprint density at radius 2 is 1.93 bits per heavy atom. The zero-order valence-electron chi connectivity index (χ0n) is 15.7. The summed E-state index contributed by atoms with van der Waals surface area (Å²) in [6.07, 6.45) is 1.79. The van der Waals surface area contributed by atoms with E-state index in [1.807, 2.05) is 23.1 Å². The number of aromatic nitrogens is 1. The molecule has 0 amide bonds. The van der Waals surface area contributed by atoms with Crippen LogP contribution in [0.1, 0.15) is 17.3 Å². The monoisotopic (exact) mass is 371 g/mol. The van der Waals surface area contributed by atoms with Gasteiger partial charge in [0.15, 0.2) is 0 Å². The average Bonchev–Trinajstić information content (AvgIpc) is 2.70. The molecule has 1 saturated heterocycles. The fourth-order valence-corrected chi connectivity index (χ4v) is 3.43. The predicted octanol–water partition coefficient (Wildman–Crippen LogP) is 2.04. The standard InChI is InChI=1S/C20H25N3O4/c1-26-16-6-7-17(18(13-16)27-2)19(20(24)25)23-11-9-22(10-12-23)14-15-5-3-4-8-21-15/h3-8,13,19H,9-12,14H2,1-2H3,(H,24,25). The first-order valence-corrected chi connectivity index (χ1v) is 8.93. The van der Waals surface area contributed by atoms with Crippen molar-refractivity contribution in [3.8, 4) is 11.5 Å². The molecule has 0 saturated carbocycles. The third kappa shape index (κ3) is 4.56. The van der Waals surface area contributed by atoms with Crippen molar-refractivity contribution >= 4 is 5.97 Å². The van der Waals surface area contributed by atoms with Gasteiger partial charge >= 0.3 is 5.97 Å². The summed E-state index contributed by atoms with van der Waals surface area (Å²) < 4.78 is 10.6. The van der Waals surface area contributed by atoms with E-state index in [1.54, 1.807) is 38.6 Å². The molecule has 2 aromatic rings. The number of benzene rings is 1. The second kappa shape index (κ2) is 8.83. The van der Waals surface area contributed by atoms with Gasteiger partial charge in [-0.25, -0.2) is 0 Å². The molecule has 1 aromatic carbocycles. The Labute approximate surface area is 159 Å². The van der Waals surface area contributed by atoms with Gasteiger partial charge in [-0.05, 0) is 24.3 Å². The minimum absolute atomic E-state index is 0.526. The highest BCUT2D eigenvalue weighted by atomic mass is 16.5. The summed E-state index contributed by atoms with van der Waals surface area (Å²) in [5, 5.41) is 9.87. The highest BCUT2D eigenvalue weighted by Gasteiger charge is 2.32. The van der Waals surface area contributed by atoms with Crippen LogP contribution in [0.25, 0.3) is 0 Å². The summed E-state index contributed by atoms with van der Waals surface area (Å²) in [5.41, 5.74) is 1.67. The summed E-state index contributed by atoms with van der Waals surface area (Å²) >= 11 is 0. The fraction of sp³-hybridized carbons (Fsp3) is 0.400. The number of aliphatic carboxylic acids is 1. The Morgan fingerprint density at radius 1 is 1.15 bits per heavy atom. The SMILES string of the molecule is COc1ccc(C(C(=O)O)N2CCN(Cc3ccccn3)CC2)c(OC)c1. The molecule has 1 aromatic heterocycles. The van der Waals surface area contributed by atoms with Gasteiger partial charge in [-0.15, -0.1) is 0 Å². The molecule has 1 fully saturated rings. The number of piperazine rings is 1. The minimum Gasteiger partial charge on any atom is -0.497 e. The number of ether oxygens (including phenoxy) is 2. The lowest BCUT2D eigenvalue weighted by molar-refractivity contribution is -0.144. The number of methoxy groups -OCH3 is 2. The van der Waals surface area contributed by atoms with Gasteiger partial charge in [-0.1, -0.05) is 6.07 Å². The lowest BCUT2D eigenvalue weighted by Gasteiger charge is -2.38. The van der Waals surface area contributed by atoms with Gasteiger partial charge < -0.3 is 14.6 Å². The Morgan fingerprint density at radius 3 is 2.52 bits per heavy atom. The van der Waals surface area contributed by atoms with Crippen LogP contribution in [0, 0.1) is 0 Å². The second-order valence-corrected chi connectivity index (χ2v) is 6.48. The molecule has 7 heteroatoms. The van der Waals surface area contributed by atoms with E-state index in [0.29, 0.717) is 30.2 Å². The number of hydrogen-bond donors (Lipinski definition) is 1. The normalized spacial score (nSPS) is 16.7. The van der Waals surface area contributed by atoms with Gasteiger partial charge in [-0.3, -0.25) is 19.6 Å². The molecule has 27 heavy (non-hydrogen) atoms. The lowest BCUT2D eigenvalue weighted by atomic mass is 10.0. The van der Waals surface area contributed by atoms with Crippen LogP contribution >= 0.6 is 0 Å². The maximum Gasteiger partial charge on any atom is 0.325 e. The number of carboxylic acid groups (broad SMARTS) is 1. The van der Waals surface area contributed by atoms with Crippen LogP contribution in [-0.2, 0) is 11.3 Å². The molecule has 1 N–H and O–H groups in total. The highest BCUT2D eigenvalue weighted by Crippen LogP contribution is 2.33. The quantitative estimate of drug-likeness (QED) is 0.798. The van der Waals surface area contributed by atoms with Crippen LogP contribution < -0.4 is 9.47 Å². The van der Waals surface area contributed by atoms with E-state index >= 15 is 0 Å². The Balaban J connectivity index is 1.71. The number of pyridine rings is 1. The highest BCUT2D eigenvalue weighted by molar-refractivity contribution is 5.77. The molecule has 1 aliphatic heterocycles. The Hall–Kier alpha value is -2.64. The Bertz CT molecular complexity index is 761. The second-order valence-electron chi connectivity index (χ2n) is 6.48. The maximum absolute atomic E-state index is 12.0. The van der Waals surface area contributed by atoms with Crippen LogP contribution in [0.4, 0.5) is 0 Å². The molecular weight excluding hydrogens is 346 g/mol. The van der Waals surface area contributed by atoms with Crippen molar-refractivity contribution in [2.24, 2.45) is 0 Å². The fourth-order valence-electron chi connectivity index (χ4n) is 3.43. The van der Waals surface area contributed by atoms with Crippen molar-refractivity contribution in [1.82, 2.24) is 14.8 Å². The van der Waals surface area contributed by atoms with E-state index in [4.69, 9.17) is 9.47 Å². The molecule has 1 atom stereocenters. The molecule has 0 bridgehead atoms. The van der Waals surface area contributed by atoms with E-state index in [1.165, 1.54) is 0 Å². The third-order valence-corrected chi connectivity index (χ3v) is 4.85. The largest absolute Gasteiger partial charge is 0.497 e. The minimum atomic E-state index is -0.878. The first-order valence-electron chi connectivity index (χ1n) is 8.93. The molecule has 0 aliphatic carbocycles. The molecule has 3 rings (SSSR count). The van der Waals surface area contributed by atoms with Crippen molar-refractivity contribution in [2.75, 3.05) is 40.4 Å². The smallest absolute Gasteiger partial charge is 0.325 e. The van der Waals surface area contributed by atoms with E-state index in [-0.39, 0.29) is 0 Å². The van der Waals surface area contributed by atoms with Gasteiger partial charge in [-0.2, -0.15) is 0 Å². The van der Waals surface area contributed by atoms with Gasteiger partial charge in [0.05, 0.1) is 19.9 Å². The maximum atomic E-state index is 12.0. The predicted molar refractivity (Wildman–Crippen MR) is 101 cm³/mol. The van der Waals surface area contributed by atoms with Gasteiger partial charge in [0.1, 0.15) is 17.5 Å². The molecule has 144 valence electrons. The van der Waals surface area contributed by atoms with Crippen LogP contribution in [0.15, 0.2) is 42.6 Å². The lowest BCUT2D eigenvalue weighted by Crippen LogP contribution is -2.49. The summed E-state index contributed by atoms with van der Waals surface area (Å²) in [5.74, 6) is 0.286. The van der Waals surface area contributed by atoms with Gasteiger partial charge in [0.2, 0.25) is 0 Å². The van der Waals surface area contributed by atoms with E-state index < -0.39 is 12.0 Å².